The van der Waals surface area contributed by atoms with Gasteiger partial charge in [0, 0.05) is 19.2 Å². The van der Waals surface area contributed by atoms with Gasteiger partial charge in [-0.05, 0) is 43.7 Å². The quantitative estimate of drug-likeness (QED) is 0.421. The number of aryl methyl sites for hydroxylation is 1. The van der Waals surface area contributed by atoms with E-state index in [-0.39, 0.29) is 12.4 Å². The van der Waals surface area contributed by atoms with Gasteiger partial charge in [0.2, 0.25) is 5.78 Å². The minimum absolute atomic E-state index is 0.0254. The number of para-hydroxylation sites is 1. The van der Waals surface area contributed by atoms with Crippen LogP contribution in [-0.2, 0) is 0 Å². The van der Waals surface area contributed by atoms with E-state index in [1.54, 1.807) is 12.4 Å². The normalized spacial score (nSPS) is 10.8. The van der Waals surface area contributed by atoms with Crippen molar-refractivity contribution in [1.82, 2.24) is 4.90 Å². The molecule has 2 aromatic rings. The van der Waals surface area contributed by atoms with E-state index >= 15 is 0 Å². The van der Waals surface area contributed by atoms with Gasteiger partial charge in [-0.3, -0.25) is 4.79 Å². The number of aliphatic imine (C=N–C) groups is 1. The number of hydrogen-bond donors (Lipinski definition) is 0. The summed E-state index contributed by atoms with van der Waals surface area (Å²) in [4.78, 5) is 18.7. The fourth-order valence-corrected chi connectivity index (χ4v) is 2.26. The van der Waals surface area contributed by atoms with Gasteiger partial charge in [0.15, 0.2) is 6.61 Å². The van der Waals surface area contributed by atoms with Gasteiger partial charge >= 0.3 is 0 Å². The lowest BCUT2D eigenvalue weighted by molar-refractivity contribution is 0.0921. The smallest absolute Gasteiger partial charge is 0.200 e. The Hall–Kier alpha value is -2.33. The van der Waals surface area contributed by atoms with Gasteiger partial charge < -0.3 is 9.64 Å². The third-order valence-corrected chi connectivity index (χ3v) is 3.90. The SMILES string of the molecule is CCN(C)/C=N\c1cc(C)c(C(=O)COc2ccccc2)cc1Cl. The Balaban J connectivity index is 2.11. The third-order valence-electron chi connectivity index (χ3n) is 3.60. The van der Waals surface area contributed by atoms with Gasteiger partial charge in [0.05, 0.1) is 17.0 Å². The van der Waals surface area contributed by atoms with E-state index in [2.05, 4.69) is 4.99 Å². The van der Waals surface area contributed by atoms with Crippen LogP contribution in [0.2, 0.25) is 5.02 Å². The molecule has 0 N–H and O–H groups in total. The number of carbonyl (C=O) groups is 1. The summed E-state index contributed by atoms with van der Waals surface area (Å²) in [5.74, 6) is 0.554. The predicted octanol–water partition coefficient (Wildman–Crippen LogP) is 4.52. The van der Waals surface area contributed by atoms with E-state index < -0.39 is 0 Å². The highest BCUT2D eigenvalue weighted by atomic mass is 35.5. The molecule has 0 heterocycles. The highest BCUT2D eigenvalue weighted by molar-refractivity contribution is 6.33. The molecule has 0 aromatic heterocycles. The van der Waals surface area contributed by atoms with Crippen LogP contribution in [0.3, 0.4) is 0 Å². The van der Waals surface area contributed by atoms with Crippen molar-refractivity contribution in [1.29, 1.82) is 0 Å². The summed E-state index contributed by atoms with van der Waals surface area (Å²) in [6.45, 7) is 4.73. The van der Waals surface area contributed by atoms with Crippen LogP contribution in [0.5, 0.6) is 5.75 Å². The standard InChI is InChI=1S/C19H21ClN2O2/c1-4-22(3)13-21-18-10-14(2)16(11-17(18)20)19(23)12-24-15-8-6-5-7-9-15/h5-11,13H,4,12H2,1-3H3/b21-13-. The highest BCUT2D eigenvalue weighted by Gasteiger charge is 2.13. The first-order valence-corrected chi connectivity index (χ1v) is 8.14. The number of benzene rings is 2. The highest BCUT2D eigenvalue weighted by Crippen LogP contribution is 2.28. The summed E-state index contributed by atoms with van der Waals surface area (Å²) in [6.07, 6.45) is 1.72. The first-order valence-electron chi connectivity index (χ1n) is 7.77. The fraction of sp³-hybridized carbons (Fsp3) is 0.263. The lowest BCUT2D eigenvalue weighted by Gasteiger charge is -2.11. The number of carbonyl (C=O) groups excluding carboxylic acids is 1. The van der Waals surface area contributed by atoms with Gasteiger partial charge in [-0.2, -0.15) is 0 Å². The summed E-state index contributed by atoms with van der Waals surface area (Å²) in [7, 11) is 1.93. The van der Waals surface area contributed by atoms with Crippen molar-refractivity contribution in [3.05, 3.63) is 58.6 Å². The summed E-state index contributed by atoms with van der Waals surface area (Å²) in [5, 5.41) is 0.449. The molecule has 0 amide bonds. The molecule has 126 valence electrons. The van der Waals surface area contributed by atoms with E-state index in [1.165, 1.54) is 0 Å². The van der Waals surface area contributed by atoms with E-state index in [0.29, 0.717) is 22.0 Å². The molecule has 0 atom stereocenters. The summed E-state index contributed by atoms with van der Waals surface area (Å²) in [6, 6.07) is 12.7. The molecule has 0 aliphatic heterocycles. The first-order chi connectivity index (χ1) is 11.5. The number of halogens is 1. The van der Waals surface area contributed by atoms with Gasteiger partial charge in [0.1, 0.15) is 5.75 Å². The Morgan fingerprint density at radius 2 is 2.00 bits per heavy atom. The van der Waals surface area contributed by atoms with Crippen molar-refractivity contribution in [3.63, 3.8) is 0 Å². The molecular formula is C19H21ClN2O2. The third kappa shape index (κ3) is 4.83. The van der Waals surface area contributed by atoms with Crippen LogP contribution in [0.1, 0.15) is 22.8 Å². The lowest BCUT2D eigenvalue weighted by atomic mass is 10.0. The van der Waals surface area contributed by atoms with Crippen molar-refractivity contribution < 1.29 is 9.53 Å². The molecule has 2 aromatic carbocycles. The van der Waals surface area contributed by atoms with Crippen LogP contribution in [-0.4, -0.2) is 37.2 Å². The van der Waals surface area contributed by atoms with Crippen LogP contribution in [0.15, 0.2) is 47.5 Å². The van der Waals surface area contributed by atoms with Crippen molar-refractivity contribution in [3.8, 4) is 5.75 Å². The average Bonchev–Trinajstić information content (AvgIpc) is 2.60. The average molecular weight is 345 g/mol. The molecule has 0 aliphatic carbocycles. The molecule has 0 bridgehead atoms. The Bertz CT molecular complexity index is 730. The van der Waals surface area contributed by atoms with E-state index in [4.69, 9.17) is 16.3 Å². The molecule has 4 nitrogen and oxygen atoms in total. The number of Topliss-reactive ketones (excluding diaryl/α,β-unsaturated/α-hetero) is 1. The van der Waals surface area contributed by atoms with Crippen molar-refractivity contribution in [2.75, 3.05) is 20.2 Å². The Labute approximate surface area is 147 Å². The molecule has 0 saturated heterocycles. The molecule has 0 fully saturated rings. The Morgan fingerprint density at radius 1 is 1.29 bits per heavy atom. The van der Waals surface area contributed by atoms with E-state index in [1.807, 2.05) is 62.2 Å². The molecule has 24 heavy (non-hydrogen) atoms. The molecular weight excluding hydrogens is 324 g/mol. The van der Waals surface area contributed by atoms with Crippen LogP contribution in [0.25, 0.3) is 0 Å². The zero-order valence-electron chi connectivity index (χ0n) is 14.1. The molecule has 0 radical (unpaired) electrons. The Morgan fingerprint density at radius 3 is 2.67 bits per heavy atom. The molecule has 2 rings (SSSR count). The maximum absolute atomic E-state index is 12.4. The first kappa shape index (κ1) is 18.0. The van der Waals surface area contributed by atoms with E-state index in [9.17, 15) is 4.79 Å². The maximum Gasteiger partial charge on any atom is 0.200 e. The van der Waals surface area contributed by atoms with Crippen molar-refractivity contribution in [2.24, 2.45) is 4.99 Å². The Kier molecular flexibility index (Phi) is 6.38. The zero-order chi connectivity index (χ0) is 17.5. The summed E-state index contributed by atoms with van der Waals surface area (Å²) >= 11 is 6.26. The topological polar surface area (TPSA) is 41.9 Å². The minimum atomic E-state index is -0.112. The fourth-order valence-electron chi connectivity index (χ4n) is 2.05. The molecule has 0 spiro atoms. The summed E-state index contributed by atoms with van der Waals surface area (Å²) < 4.78 is 5.51. The molecule has 0 aliphatic rings. The number of rotatable bonds is 7. The van der Waals surface area contributed by atoms with Crippen molar-refractivity contribution >= 4 is 29.4 Å². The lowest BCUT2D eigenvalue weighted by Crippen LogP contribution is -2.14. The predicted molar refractivity (Wildman–Crippen MR) is 98.9 cm³/mol. The van der Waals surface area contributed by atoms with Gasteiger partial charge in [-0.1, -0.05) is 29.8 Å². The van der Waals surface area contributed by atoms with E-state index in [0.717, 1.165) is 12.1 Å². The minimum Gasteiger partial charge on any atom is -0.485 e. The zero-order valence-corrected chi connectivity index (χ0v) is 14.9. The monoisotopic (exact) mass is 344 g/mol. The number of ketones is 1. The van der Waals surface area contributed by atoms with Gasteiger partial charge in [0.25, 0.3) is 0 Å². The summed E-state index contributed by atoms with van der Waals surface area (Å²) in [5.41, 5.74) is 2.03. The molecule has 0 unspecified atom stereocenters. The second kappa shape index (κ2) is 8.50. The number of nitrogens with zero attached hydrogens (tertiary/aromatic N) is 2. The largest absolute Gasteiger partial charge is 0.485 e. The van der Waals surface area contributed by atoms with Crippen LogP contribution >= 0.6 is 11.6 Å². The van der Waals surface area contributed by atoms with Crippen LogP contribution in [0.4, 0.5) is 5.69 Å². The molecule has 0 saturated carbocycles. The second-order valence-electron chi connectivity index (χ2n) is 5.46. The van der Waals surface area contributed by atoms with Crippen LogP contribution < -0.4 is 4.74 Å². The second-order valence-corrected chi connectivity index (χ2v) is 5.87. The van der Waals surface area contributed by atoms with Crippen LogP contribution in [0, 0.1) is 6.92 Å². The molecule has 5 heteroatoms. The number of hydrogen-bond acceptors (Lipinski definition) is 3. The maximum atomic E-state index is 12.4. The number of ether oxygens (including phenoxy) is 1. The van der Waals surface area contributed by atoms with Gasteiger partial charge in [-0.25, -0.2) is 4.99 Å². The van der Waals surface area contributed by atoms with Gasteiger partial charge in [-0.15, -0.1) is 0 Å². The van der Waals surface area contributed by atoms with Crippen molar-refractivity contribution in [2.45, 2.75) is 13.8 Å².